The highest BCUT2D eigenvalue weighted by Crippen LogP contribution is 2.20. The van der Waals surface area contributed by atoms with Crippen LogP contribution in [0.4, 0.5) is 17.6 Å². The number of hydrogen-bond donors (Lipinski definition) is 0. The molecule has 0 aromatic heterocycles. The second kappa shape index (κ2) is 3.13. The molecule has 1 radical (unpaired) electrons. The quantitative estimate of drug-likeness (QED) is 0.578. The van der Waals surface area contributed by atoms with Gasteiger partial charge < -0.3 is 0 Å². The molecule has 0 nitrogen and oxygen atoms in total. The molecule has 0 aliphatic heterocycles. The van der Waals surface area contributed by atoms with Crippen LogP contribution in [0.3, 0.4) is 0 Å². The van der Waals surface area contributed by atoms with Gasteiger partial charge in [0.15, 0.2) is 0 Å². The van der Waals surface area contributed by atoms with Gasteiger partial charge in [-0.05, 0) is 23.8 Å². The Kier molecular flexibility index (Phi) is 2.35. The molecule has 1 rings (SSSR count). The van der Waals surface area contributed by atoms with Gasteiger partial charge >= 0.3 is 6.18 Å². The molecule has 12 heavy (non-hydrogen) atoms. The van der Waals surface area contributed by atoms with Crippen LogP contribution in [0, 0.1) is 11.9 Å². The summed E-state index contributed by atoms with van der Waals surface area (Å²) in [6.45, 7) is 0. The van der Waals surface area contributed by atoms with Gasteiger partial charge in [-0.25, -0.2) is 4.39 Å². The van der Waals surface area contributed by atoms with Crippen LogP contribution in [-0.2, 0) is 6.42 Å². The summed E-state index contributed by atoms with van der Waals surface area (Å²) in [4.78, 5) is 0. The van der Waals surface area contributed by atoms with E-state index < -0.39 is 18.4 Å². The van der Waals surface area contributed by atoms with E-state index in [0.29, 0.717) is 0 Å². The van der Waals surface area contributed by atoms with E-state index in [1.807, 2.05) is 0 Å². The summed E-state index contributed by atoms with van der Waals surface area (Å²) < 4.78 is 47.5. The smallest absolute Gasteiger partial charge is 0.207 e. The molecule has 0 amide bonds. The number of alkyl halides is 3. The first-order chi connectivity index (χ1) is 5.47. The van der Waals surface area contributed by atoms with Crippen LogP contribution in [0.25, 0.3) is 0 Å². The van der Waals surface area contributed by atoms with Gasteiger partial charge in [0, 0.05) is 0 Å². The SMILES string of the molecule is Fc1cc[c]c(CC(F)(F)F)c1. The van der Waals surface area contributed by atoms with Gasteiger partial charge in [-0.3, -0.25) is 0 Å². The summed E-state index contributed by atoms with van der Waals surface area (Å²) in [5.74, 6) is -0.673. The van der Waals surface area contributed by atoms with Crippen molar-refractivity contribution in [1.82, 2.24) is 0 Å². The Balaban J connectivity index is 2.77. The molecule has 0 N–H and O–H groups in total. The third-order valence-electron chi connectivity index (χ3n) is 1.21. The van der Waals surface area contributed by atoms with Crippen molar-refractivity contribution in [3.8, 4) is 0 Å². The lowest BCUT2D eigenvalue weighted by Crippen LogP contribution is -2.11. The zero-order valence-corrected chi connectivity index (χ0v) is 5.95. The lowest BCUT2D eigenvalue weighted by atomic mass is 10.1. The normalized spacial score (nSPS) is 11.7. The van der Waals surface area contributed by atoms with E-state index in [-0.39, 0.29) is 5.56 Å². The van der Waals surface area contributed by atoms with Gasteiger partial charge in [-0.1, -0.05) is 6.07 Å². The maximum atomic E-state index is 12.4. The van der Waals surface area contributed by atoms with Crippen LogP contribution >= 0.6 is 0 Å². The number of rotatable bonds is 1. The van der Waals surface area contributed by atoms with Crippen LogP contribution in [0.5, 0.6) is 0 Å². The van der Waals surface area contributed by atoms with Crippen molar-refractivity contribution < 1.29 is 17.6 Å². The molecule has 1 aromatic rings. The molecule has 65 valence electrons. The van der Waals surface area contributed by atoms with Gasteiger partial charge in [0.25, 0.3) is 0 Å². The van der Waals surface area contributed by atoms with Gasteiger partial charge in [0.1, 0.15) is 5.82 Å². The summed E-state index contributed by atoms with van der Waals surface area (Å²) in [5.41, 5.74) is -0.178. The van der Waals surface area contributed by atoms with E-state index in [0.717, 1.165) is 18.2 Å². The van der Waals surface area contributed by atoms with Gasteiger partial charge in [-0.2, -0.15) is 13.2 Å². The predicted octanol–water partition coefficient (Wildman–Crippen LogP) is 2.73. The molecule has 0 heterocycles. The average molecular weight is 177 g/mol. The molecule has 0 fully saturated rings. The van der Waals surface area contributed by atoms with Crippen molar-refractivity contribution >= 4 is 0 Å². The van der Waals surface area contributed by atoms with Crippen LogP contribution < -0.4 is 0 Å². The van der Waals surface area contributed by atoms with Crippen molar-refractivity contribution in [2.75, 3.05) is 0 Å². The van der Waals surface area contributed by atoms with Crippen molar-refractivity contribution in [3.63, 3.8) is 0 Å². The summed E-state index contributed by atoms with van der Waals surface area (Å²) in [6.07, 6.45) is -5.44. The van der Waals surface area contributed by atoms with Crippen molar-refractivity contribution in [3.05, 3.63) is 35.6 Å². The molecule has 0 saturated heterocycles. The first-order valence-electron chi connectivity index (χ1n) is 3.20. The molecular weight excluding hydrogens is 172 g/mol. The highest BCUT2D eigenvalue weighted by molar-refractivity contribution is 5.15. The first kappa shape index (κ1) is 9.03. The third-order valence-corrected chi connectivity index (χ3v) is 1.21. The zero-order valence-electron chi connectivity index (χ0n) is 5.95. The van der Waals surface area contributed by atoms with Gasteiger partial charge in [0.05, 0.1) is 6.42 Å². The second-order valence-electron chi connectivity index (χ2n) is 2.32. The highest BCUT2D eigenvalue weighted by Gasteiger charge is 2.27. The van der Waals surface area contributed by atoms with E-state index in [9.17, 15) is 17.6 Å². The van der Waals surface area contributed by atoms with Gasteiger partial charge in [-0.15, -0.1) is 0 Å². The Bertz CT molecular complexity index is 264. The molecule has 0 atom stereocenters. The van der Waals surface area contributed by atoms with E-state index in [1.54, 1.807) is 0 Å². The minimum Gasteiger partial charge on any atom is -0.207 e. The Morgan fingerprint density at radius 2 is 2.00 bits per heavy atom. The lowest BCUT2D eigenvalue weighted by Gasteiger charge is -2.04. The average Bonchev–Trinajstić information content (AvgIpc) is 1.82. The largest absolute Gasteiger partial charge is 0.393 e. The molecule has 4 heteroatoms. The number of halogens is 4. The summed E-state index contributed by atoms with van der Waals surface area (Å²) in [6, 6.07) is 5.32. The third kappa shape index (κ3) is 2.90. The molecular formula is C8H5F4. The van der Waals surface area contributed by atoms with Crippen molar-refractivity contribution in [2.45, 2.75) is 12.6 Å². The molecule has 0 unspecified atom stereocenters. The Labute approximate surface area is 66.8 Å². The highest BCUT2D eigenvalue weighted by atomic mass is 19.4. The monoisotopic (exact) mass is 177 g/mol. The molecule has 1 aromatic carbocycles. The Morgan fingerprint density at radius 1 is 1.33 bits per heavy atom. The van der Waals surface area contributed by atoms with E-state index >= 15 is 0 Å². The van der Waals surface area contributed by atoms with Crippen LogP contribution in [-0.4, -0.2) is 6.18 Å². The summed E-state index contributed by atoms with van der Waals surface area (Å²) in [5, 5.41) is 0. The minimum absolute atomic E-state index is 0.178. The molecule has 0 spiro atoms. The predicted molar refractivity (Wildman–Crippen MR) is 35.0 cm³/mol. The summed E-state index contributed by atoms with van der Waals surface area (Å²) in [7, 11) is 0. The van der Waals surface area contributed by atoms with Crippen molar-refractivity contribution in [1.29, 1.82) is 0 Å². The number of benzene rings is 1. The fourth-order valence-corrected chi connectivity index (χ4v) is 0.803. The lowest BCUT2D eigenvalue weighted by molar-refractivity contribution is -0.127. The minimum atomic E-state index is -4.30. The summed E-state index contributed by atoms with van der Waals surface area (Å²) >= 11 is 0. The first-order valence-corrected chi connectivity index (χ1v) is 3.20. The molecule has 0 aliphatic carbocycles. The maximum Gasteiger partial charge on any atom is 0.393 e. The van der Waals surface area contributed by atoms with Crippen LogP contribution in [0.15, 0.2) is 18.2 Å². The Morgan fingerprint density at radius 3 is 2.50 bits per heavy atom. The van der Waals surface area contributed by atoms with Crippen molar-refractivity contribution in [2.24, 2.45) is 0 Å². The standard InChI is InChI=1S/C8H5F4/c9-7-3-1-2-6(4-7)5-8(10,11)12/h1,3-4H,5H2. The van der Waals surface area contributed by atoms with E-state index in [1.165, 1.54) is 0 Å². The zero-order chi connectivity index (χ0) is 9.19. The maximum absolute atomic E-state index is 12.4. The molecule has 0 bridgehead atoms. The van der Waals surface area contributed by atoms with E-state index in [4.69, 9.17) is 0 Å². The number of hydrogen-bond acceptors (Lipinski definition) is 0. The van der Waals surface area contributed by atoms with Crippen LogP contribution in [0.2, 0.25) is 0 Å². The Hall–Kier alpha value is -1.06. The fourth-order valence-electron chi connectivity index (χ4n) is 0.803. The molecule has 0 aliphatic rings. The fraction of sp³-hybridized carbons (Fsp3) is 0.250. The molecule has 0 saturated carbocycles. The topological polar surface area (TPSA) is 0 Å². The second-order valence-corrected chi connectivity index (χ2v) is 2.32. The van der Waals surface area contributed by atoms with Crippen LogP contribution in [0.1, 0.15) is 5.56 Å². The van der Waals surface area contributed by atoms with E-state index in [2.05, 4.69) is 6.07 Å². The van der Waals surface area contributed by atoms with Gasteiger partial charge in [0.2, 0.25) is 0 Å².